The molecule has 4 rings (SSSR count). The average Bonchev–Trinajstić information content (AvgIpc) is 3.38. The molecule has 0 radical (unpaired) electrons. The molecule has 0 saturated heterocycles. The smallest absolute Gasteiger partial charge is 0.258 e. The van der Waals surface area contributed by atoms with E-state index in [1.165, 1.54) is 5.56 Å². The fraction of sp³-hybridized carbons (Fsp3) is 0.276. The monoisotopic (exact) mass is 468 g/mol. The number of amides is 1. The molecule has 6 nitrogen and oxygen atoms in total. The van der Waals surface area contributed by atoms with Gasteiger partial charge in [-0.05, 0) is 60.7 Å². The van der Waals surface area contributed by atoms with Gasteiger partial charge in [0.15, 0.2) is 0 Å². The fourth-order valence-electron chi connectivity index (χ4n) is 3.91. The van der Waals surface area contributed by atoms with Gasteiger partial charge >= 0.3 is 0 Å². The van der Waals surface area contributed by atoms with Crippen molar-refractivity contribution in [2.45, 2.75) is 39.7 Å². The third-order valence-electron chi connectivity index (χ3n) is 5.75. The van der Waals surface area contributed by atoms with Crippen LogP contribution in [0.3, 0.4) is 0 Å². The molecular weight excluding hydrogens is 436 g/mol. The van der Waals surface area contributed by atoms with E-state index in [2.05, 4.69) is 46.8 Å². The van der Waals surface area contributed by atoms with Gasteiger partial charge in [0.05, 0.1) is 6.04 Å². The quantitative estimate of drug-likeness (QED) is 0.269. The summed E-state index contributed by atoms with van der Waals surface area (Å²) in [5.74, 6) is 1.55. The SMILES string of the molecule is CCCNC(=O)c1ccc(N[C@@H](CC(C)C)c2ccc(-c3nc(-c4ccccc4)no3)cc2)cc1. The van der Waals surface area contributed by atoms with Crippen molar-refractivity contribution in [2.75, 3.05) is 11.9 Å². The molecule has 3 aromatic carbocycles. The molecule has 35 heavy (non-hydrogen) atoms. The lowest BCUT2D eigenvalue weighted by Gasteiger charge is -2.22. The predicted octanol–water partition coefficient (Wildman–Crippen LogP) is 6.74. The van der Waals surface area contributed by atoms with E-state index in [9.17, 15) is 4.79 Å². The summed E-state index contributed by atoms with van der Waals surface area (Å²) in [5.41, 5.74) is 4.64. The van der Waals surface area contributed by atoms with Gasteiger partial charge in [-0.25, -0.2) is 0 Å². The summed E-state index contributed by atoms with van der Waals surface area (Å²) < 4.78 is 5.51. The van der Waals surface area contributed by atoms with E-state index in [0.29, 0.717) is 29.7 Å². The van der Waals surface area contributed by atoms with Crippen molar-refractivity contribution in [3.63, 3.8) is 0 Å². The third kappa shape index (κ3) is 6.35. The molecule has 6 heteroatoms. The van der Waals surface area contributed by atoms with Crippen molar-refractivity contribution < 1.29 is 9.32 Å². The molecule has 0 aliphatic carbocycles. The van der Waals surface area contributed by atoms with E-state index in [1.54, 1.807) is 0 Å². The predicted molar refractivity (Wildman–Crippen MR) is 140 cm³/mol. The Hall–Kier alpha value is -3.93. The molecule has 0 unspecified atom stereocenters. The van der Waals surface area contributed by atoms with Crippen molar-refractivity contribution >= 4 is 11.6 Å². The zero-order valence-corrected chi connectivity index (χ0v) is 20.5. The van der Waals surface area contributed by atoms with E-state index in [4.69, 9.17) is 4.52 Å². The molecule has 1 atom stereocenters. The molecular formula is C29H32N4O2. The molecule has 0 bridgehead atoms. The maximum absolute atomic E-state index is 12.2. The summed E-state index contributed by atoms with van der Waals surface area (Å²) in [4.78, 5) is 16.7. The van der Waals surface area contributed by atoms with E-state index in [0.717, 1.165) is 29.7 Å². The lowest BCUT2D eigenvalue weighted by Crippen LogP contribution is -2.23. The van der Waals surface area contributed by atoms with E-state index in [1.807, 2.05) is 73.7 Å². The van der Waals surface area contributed by atoms with Crippen molar-refractivity contribution in [3.05, 3.63) is 90.0 Å². The molecule has 0 fully saturated rings. The number of nitrogens with zero attached hydrogens (tertiary/aromatic N) is 2. The number of hydrogen-bond acceptors (Lipinski definition) is 5. The zero-order chi connectivity index (χ0) is 24.6. The van der Waals surface area contributed by atoms with Gasteiger partial charge in [-0.3, -0.25) is 4.79 Å². The number of nitrogens with one attached hydrogen (secondary N) is 2. The third-order valence-corrected chi connectivity index (χ3v) is 5.75. The fourth-order valence-corrected chi connectivity index (χ4v) is 3.91. The highest BCUT2D eigenvalue weighted by atomic mass is 16.5. The van der Waals surface area contributed by atoms with Crippen LogP contribution in [0.2, 0.25) is 0 Å². The van der Waals surface area contributed by atoms with Gasteiger partial charge in [0.25, 0.3) is 11.8 Å². The van der Waals surface area contributed by atoms with Crippen molar-refractivity contribution in [2.24, 2.45) is 5.92 Å². The average molecular weight is 469 g/mol. The Balaban J connectivity index is 1.48. The Morgan fingerprint density at radius 1 is 0.914 bits per heavy atom. The van der Waals surface area contributed by atoms with Crippen LogP contribution in [0.1, 0.15) is 55.6 Å². The van der Waals surface area contributed by atoms with Crippen LogP contribution in [-0.2, 0) is 0 Å². The molecule has 1 aromatic heterocycles. The van der Waals surface area contributed by atoms with Crippen molar-refractivity contribution in [3.8, 4) is 22.8 Å². The van der Waals surface area contributed by atoms with Crippen LogP contribution < -0.4 is 10.6 Å². The summed E-state index contributed by atoms with van der Waals surface area (Å²) in [7, 11) is 0. The van der Waals surface area contributed by atoms with Crippen LogP contribution >= 0.6 is 0 Å². The summed E-state index contributed by atoms with van der Waals surface area (Å²) in [5, 5.41) is 10.7. The normalized spacial score (nSPS) is 11.9. The van der Waals surface area contributed by atoms with Crippen LogP contribution in [0.4, 0.5) is 5.69 Å². The minimum absolute atomic E-state index is 0.0378. The first-order chi connectivity index (χ1) is 17.0. The number of carbonyl (C=O) groups excluding carboxylic acids is 1. The van der Waals surface area contributed by atoms with E-state index in [-0.39, 0.29) is 11.9 Å². The van der Waals surface area contributed by atoms with Gasteiger partial charge in [-0.15, -0.1) is 0 Å². The number of aromatic nitrogens is 2. The largest absolute Gasteiger partial charge is 0.378 e. The Labute approximate surface area is 206 Å². The first-order valence-electron chi connectivity index (χ1n) is 12.2. The second-order valence-electron chi connectivity index (χ2n) is 9.07. The summed E-state index contributed by atoms with van der Waals surface area (Å²) in [6, 6.07) is 25.8. The van der Waals surface area contributed by atoms with Crippen LogP contribution in [0.15, 0.2) is 83.4 Å². The Kier molecular flexibility index (Phi) is 7.93. The first-order valence-corrected chi connectivity index (χ1v) is 12.2. The van der Waals surface area contributed by atoms with Crippen molar-refractivity contribution in [1.29, 1.82) is 0 Å². The summed E-state index contributed by atoms with van der Waals surface area (Å²) in [6.07, 6.45) is 1.89. The van der Waals surface area contributed by atoms with Gasteiger partial charge in [0, 0.05) is 28.9 Å². The molecule has 2 N–H and O–H groups in total. The van der Waals surface area contributed by atoms with Crippen LogP contribution in [0, 0.1) is 5.92 Å². The first kappa shape index (κ1) is 24.2. The topological polar surface area (TPSA) is 80.0 Å². The van der Waals surface area contributed by atoms with Gasteiger partial charge in [0.1, 0.15) is 0 Å². The molecule has 0 saturated carbocycles. The number of hydrogen-bond donors (Lipinski definition) is 2. The Morgan fingerprint density at radius 3 is 2.29 bits per heavy atom. The number of rotatable bonds is 10. The second-order valence-corrected chi connectivity index (χ2v) is 9.07. The molecule has 1 heterocycles. The van der Waals surface area contributed by atoms with Gasteiger partial charge in [-0.2, -0.15) is 4.98 Å². The van der Waals surface area contributed by atoms with E-state index < -0.39 is 0 Å². The molecule has 0 spiro atoms. The molecule has 4 aromatic rings. The minimum Gasteiger partial charge on any atom is -0.378 e. The van der Waals surface area contributed by atoms with Gasteiger partial charge < -0.3 is 15.2 Å². The van der Waals surface area contributed by atoms with Gasteiger partial charge in [0.2, 0.25) is 5.82 Å². The van der Waals surface area contributed by atoms with Crippen LogP contribution in [-0.4, -0.2) is 22.6 Å². The van der Waals surface area contributed by atoms with Crippen LogP contribution in [0.5, 0.6) is 0 Å². The lowest BCUT2D eigenvalue weighted by molar-refractivity contribution is 0.0953. The van der Waals surface area contributed by atoms with Crippen molar-refractivity contribution in [1.82, 2.24) is 15.5 Å². The highest BCUT2D eigenvalue weighted by Gasteiger charge is 2.16. The summed E-state index contributed by atoms with van der Waals surface area (Å²) >= 11 is 0. The lowest BCUT2D eigenvalue weighted by atomic mass is 9.95. The second kappa shape index (κ2) is 11.5. The Bertz CT molecular complexity index is 1220. The van der Waals surface area contributed by atoms with Gasteiger partial charge in [-0.1, -0.05) is 68.4 Å². The highest BCUT2D eigenvalue weighted by Crippen LogP contribution is 2.29. The van der Waals surface area contributed by atoms with E-state index >= 15 is 0 Å². The standard InChI is InChI=1S/C29H32N4O2/c1-4-18-30-28(34)23-14-16-25(17-15-23)31-26(19-20(2)3)21-10-12-24(13-11-21)29-32-27(33-35-29)22-8-6-5-7-9-22/h5-17,20,26,31H,4,18-19H2,1-3H3,(H,30,34)/t26-/m0/s1. The molecule has 1 amide bonds. The highest BCUT2D eigenvalue weighted by molar-refractivity contribution is 5.94. The number of anilines is 1. The summed E-state index contributed by atoms with van der Waals surface area (Å²) in [6.45, 7) is 7.16. The number of carbonyl (C=O) groups is 1. The minimum atomic E-state index is -0.0378. The molecule has 0 aliphatic heterocycles. The Morgan fingerprint density at radius 2 is 1.63 bits per heavy atom. The maximum Gasteiger partial charge on any atom is 0.258 e. The molecule has 180 valence electrons. The zero-order valence-electron chi connectivity index (χ0n) is 20.5. The van der Waals surface area contributed by atoms with Crippen LogP contribution in [0.25, 0.3) is 22.8 Å². The molecule has 0 aliphatic rings. The number of benzene rings is 3. The maximum atomic E-state index is 12.2.